The van der Waals surface area contributed by atoms with Crippen molar-refractivity contribution < 1.29 is 9.59 Å². The maximum atomic E-state index is 12.7. The Morgan fingerprint density at radius 2 is 2.00 bits per heavy atom. The van der Waals surface area contributed by atoms with Crippen LogP contribution in [0.25, 0.3) is 0 Å². The number of nitrogens with one attached hydrogen (secondary N) is 3. The minimum Gasteiger partial charge on any atom is -0.367 e. The van der Waals surface area contributed by atoms with Crippen molar-refractivity contribution in [2.75, 3.05) is 31.5 Å². The van der Waals surface area contributed by atoms with Gasteiger partial charge in [0.25, 0.3) is 5.91 Å². The molecule has 0 bridgehead atoms. The lowest BCUT2D eigenvalue weighted by molar-refractivity contribution is -0.119. The molecule has 0 unspecified atom stereocenters. The topological polar surface area (TPSA) is 123 Å². The van der Waals surface area contributed by atoms with Crippen molar-refractivity contribution >= 4 is 17.6 Å². The van der Waals surface area contributed by atoms with Crippen LogP contribution in [0.4, 0.5) is 5.82 Å². The predicted octanol–water partition coefficient (Wildman–Crippen LogP) is 2.56. The van der Waals surface area contributed by atoms with Crippen LogP contribution in [-0.2, 0) is 4.79 Å². The van der Waals surface area contributed by atoms with Gasteiger partial charge in [0.15, 0.2) is 0 Å². The summed E-state index contributed by atoms with van der Waals surface area (Å²) in [4.78, 5) is 34.7. The van der Waals surface area contributed by atoms with Gasteiger partial charge in [0.05, 0.1) is 12.0 Å². The number of nitrogens with zero attached hydrogens (tertiary/aromatic N) is 4. The zero-order valence-corrected chi connectivity index (χ0v) is 20.4. The molecule has 1 aromatic heterocycles. The van der Waals surface area contributed by atoms with E-state index < -0.39 is 0 Å². The highest BCUT2D eigenvalue weighted by Gasteiger charge is 2.24. The van der Waals surface area contributed by atoms with Crippen molar-refractivity contribution in [2.24, 2.45) is 5.92 Å². The normalized spacial score (nSPS) is 23.1. The van der Waals surface area contributed by atoms with Gasteiger partial charge in [-0.05, 0) is 50.5 Å². The molecule has 3 N–H and O–H groups in total. The number of hydrogen-bond donors (Lipinski definition) is 3. The van der Waals surface area contributed by atoms with Crippen LogP contribution < -0.4 is 16.0 Å². The molecule has 2 amide bonds. The fourth-order valence-corrected chi connectivity index (χ4v) is 5.19. The molecule has 1 aliphatic heterocycles. The Bertz CT molecular complexity index is 1020. The summed E-state index contributed by atoms with van der Waals surface area (Å²) in [7, 11) is 0. The smallest absolute Gasteiger partial charge is 0.270 e. The molecule has 4 rings (SSSR count). The number of allylic oxidation sites excluding steroid dienone is 2. The molecule has 1 saturated carbocycles. The SMILES string of the molecule is CC(=O)NC1CCC(Nc2cc(C(=O)NC[C@H](C#N)CN3CCC4=C(CCC=C4)C3)ncn2)CC1. The molecule has 1 atom stereocenters. The standard InChI is InChI=1S/C26H35N7O2/c1-18(34)31-22-6-8-23(9-7-22)32-25-12-24(29-17-30-25)26(35)28-14-19(13-27)15-33-11-10-20-4-2-3-5-21(20)16-33/h2,4,12,17,19,22-23H,3,5-11,14-16H2,1H3,(H,28,35)(H,31,34)(H,29,30,32)/t19-,22?,23?/m0/s1. The second kappa shape index (κ2) is 11.9. The van der Waals surface area contributed by atoms with E-state index >= 15 is 0 Å². The van der Waals surface area contributed by atoms with Crippen molar-refractivity contribution in [3.8, 4) is 6.07 Å². The summed E-state index contributed by atoms with van der Waals surface area (Å²) >= 11 is 0. The summed E-state index contributed by atoms with van der Waals surface area (Å²) in [5.41, 5.74) is 3.24. The number of nitriles is 1. The van der Waals surface area contributed by atoms with E-state index in [0.29, 0.717) is 12.4 Å². The Morgan fingerprint density at radius 1 is 1.20 bits per heavy atom. The molecule has 0 saturated heterocycles. The molecule has 9 nitrogen and oxygen atoms in total. The highest BCUT2D eigenvalue weighted by molar-refractivity contribution is 5.92. The average Bonchev–Trinajstić information content (AvgIpc) is 2.87. The van der Waals surface area contributed by atoms with Crippen LogP contribution in [0.3, 0.4) is 0 Å². The van der Waals surface area contributed by atoms with Crippen LogP contribution in [0.15, 0.2) is 35.7 Å². The van der Waals surface area contributed by atoms with Crippen LogP contribution in [0.2, 0.25) is 0 Å². The molecular formula is C26H35N7O2. The van der Waals surface area contributed by atoms with Gasteiger partial charge in [-0.2, -0.15) is 5.26 Å². The van der Waals surface area contributed by atoms with Gasteiger partial charge in [0, 0.05) is 51.3 Å². The average molecular weight is 478 g/mol. The quantitative estimate of drug-likeness (QED) is 0.526. The Kier molecular flexibility index (Phi) is 8.48. The second-order valence-corrected chi connectivity index (χ2v) is 9.77. The Hall–Kier alpha value is -3.25. The lowest BCUT2D eigenvalue weighted by atomic mass is 9.91. The summed E-state index contributed by atoms with van der Waals surface area (Å²) in [5, 5.41) is 18.9. The number of amides is 2. The van der Waals surface area contributed by atoms with Gasteiger partial charge in [-0.1, -0.05) is 17.7 Å². The van der Waals surface area contributed by atoms with Gasteiger partial charge in [0.1, 0.15) is 17.8 Å². The third-order valence-corrected chi connectivity index (χ3v) is 7.05. The molecule has 0 radical (unpaired) electrons. The molecule has 9 heteroatoms. The minimum atomic E-state index is -0.300. The molecule has 0 spiro atoms. The molecule has 186 valence electrons. The monoisotopic (exact) mass is 477 g/mol. The first kappa shape index (κ1) is 24.9. The van der Waals surface area contributed by atoms with Gasteiger partial charge in [-0.15, -0.1) is 0 Å². The van der Waals surface area contributed by atoms with Gasteiger partial charge >= 0.3 is 0 Å². The van der Waals surface area contributed by atoms with Crippen molar-refractivity contribution in [3.63, 3.8) is 0 Å². The Balaban J connectivity index is 1.24. The zero-order valence-electron chi connectivity index (χ0n) is 20.4. The van der Waals surface area contributed by atoms with Gasteiger partial charge in [-0.25, -0.2) is 9.97 Å². The molecule has 2 heterocycles. The van der Waals surface area contributed by atoms with E-state index in [4.69, 9.17) is 0 Å². The van der Waals surface area contributed by atoms with Gasteiger partial charge in [0.2, 0.25) is 5.91 Å². The van der Waals surface area contributed by atoms with Crippen LogP contribution in [-0.4, -0.2) is 64.9 Å². The molecule has 2 aliphatic carbocycles. The summed E-state index contributed by atoms with van der Waals surface area (Å²) < 4.78 is 0. The van der Waals surface area contributed by atoms with E-state index in [0.717, 1.165) is 58.0 Å². The Morgan fingerprint density at radius 3 is 2.77 bits per heavy atom. The highest BCUT2D eigenvalue weighted by atomic mass is 16.2. The first-order chi connectivity index (χ1) is 17.0. The first-order valence-corrected chi connectivity index (χ1v) is 12.6. The van der Waals surface area contributed by atoms with E-state index in [1.165, 1.54) is 17.5 Å². The highest BCUT2D eigenvalue weighted by Crippen LogP contribution is 2.27. The van der Waals surface area contributed by atoms with E-state index in [1.54, 1.807) is 13.0 Å². The largest absolute Gasteiger partial charge is 0.367 e. The fraction of sp³-hybridized carbons (Fsp3) is 0.577. The third-order valence-electron chi connectivity index (χ3n) is 7.05. The summed E-state index contributed by atoms with van der Waals surface area (Å²) in [5.74, 6) is 0.0454. The number of rotatable bonds is 8. The number of aromatic nitrogens is 2. The maximum absolute atomic E-state index is 12.7. The molecule has 3 aliphatic rings. The molecule has 1 aromatic rings. The third kappa shape index (κ3) is 7.12. The van der Waals surface area contributed by atoms with Gasteiger partial charge < -0.3 is 16.0 Å². The van der Waals surface area contributed by atoms with Crippen molar-refractivity contribution in [1.29, 1.82) is 5.26 Å². The first-order valence-electron chi connectivity index (χ1n) is 12.6. The summed E-state index contributed by atoms with van der Waals surface area (Å²) in [6.07, 6.45) is 12.8. The van der Waals surface area contributed by atoms with Crippen molar-refractivity contribution in [3.05, 3.63) is 41.4 Å². The van der Waals surface area contributed by atoms with Crippen LogP contribution in [0, 0.1) is 17.2 Å². The fourth-order valence-electron chi connectivity index (χ4n) is 5.19. The second-order valence-electron chi connectivity index (χ2n) is 9.77. The number of carbonyl (C=O) groups excluding carboxylic acids is 2. The number of hydrogen-bond acceptors (Lipinski definition) is 7. The molecule has 35 heavy (non-hydrogen) atoms. The molecule has 0 aromatic carbocycles. The lowest BCUT2D eigenvalue weighted by Gasteiger charge is -2.32. The van der Waals surface area contributed by atoms with Crippen molar-refractivity contribution in [1.82, 2.24) is 25.5 Å². The van der Waals surface area contributed by atoms with E-state index in [-0.39, 0.29) is 42.1 Å². The minimum absolute atomic E-state index is 0.00982. The molecule has 1 fully saturated rings. The van der Waals surface area contributed by atoms with Gasteiger partial charge in [-0.3, -0.25) is 14.5 Å². The van der Waals surface area contributed by atoms with E-state index in [2.05, 4.69) is 49.0 Å². The number of anilines is 1. The summed E-state index contributed by atoms with van der Waals surface area (Å²) in [6, 6.07) is 4.48. The zero-order chi connectivity index (χ0) is 24.6. The van der Waals surface area contributed by atoms with E-state index in [1.807, 2.05) is 0 Å². The predicted molar refractivity (Wildman–Crippen MR) is 133 cm³/mol. The molecular weight excluding hydrogens is 442 g/mol. The lowest BCUT2D eigenvalue weighted by Crippen LogP contribution is -2.40. The van der Waals surface area contributed by atoms with Crippen LogP contribution in [0.5, 0.6) is 0 Å². The van der Waals surface area contributed by atoms with Crippen LogP contribution in [0.1, 0.15) is 62.4 Å². The Labute approximate surface area is 207 Å². The van der Waals surface area contributed by atoms with Crippen LogP contribution >= 0.6 is 0 Å². The number of carbonyl (C=O) groups is 2. The van der Waals surface area contributed by atoms with Crippen molar-refractivity contribution in [2.45, 2.75) is 64.0 Å². The van der Waals surface area contributed by atoms with E-state index in [9.17, 15) is 14.9 Å². The maximum Gasteiger partial charge on any atom is 0.270 e. The summed E-state index contributed by atoms with van der Waals surface area (Å²) in [6.45, 7) is 4.35.